The minimum absolute atomic E-state index is 0.0853. The molecule has 3 aliphatic rings. The van der Waals surface area contributed by atoms with Crippen molar-refractivity contribution in [2.45, 2.75) is 164 Å². The van der Waals surface area contributed by atoms with E-state index in [-0.39, 0.29) is 41.7 Å². The molecule has 0 radical (unpaired) electrons. The highest BCUT2D eigenvalue weighted by atomic mass is 16.7. The van der Waals surface area contributed by atoms with Crippen molar-refractivity contribution in [3.8, 4) is 0 Å². The number of hydrogen-bond acceptors (Lipinski definition) is 9. The van der Waals surface area contributed by atoms with Gasteiger partial charge in [-0.2, -0.15) is 0 Å². The van der Waals surface area contributed by atoms with Crippen LogP contribution in [0.25, 0.3) is 39.3 Å². The lowest BCUT2D eigenvalue weighted by molar-refractivity contribution is -0.238. The molecule has 0 amide bonds. The smallest absolute Gasteiger partial charge is 0.385 e. The van der Waals surface area contributed by atoms with Crippen LogP contribution in [-0.2, 0) is 45.5 Å². The molecule has 0 aromatic carbocycles. The predicted octanol–water partition coefficient (Wildman–Crippen LogP) is 13.2. The first-order valence-electron chi connectivity index (χ1n) is 24.8. The average molecular weight is 917 g/mol. The minimum atomic E-state index is -2.32. The number of aromatic nitrogens is 4. The molecule has 3 aromatic heterocycles. The summed E-state index contributed by atoms with van der Waals surface area (Å²) < 4.78 is 23.1. The number of fused-ring (bicyclic) bond motifs is 8. The number of carbonyl (C=O) groups excluding carboxylic acids is 3. The molecule has 67 heavy (non-hydrogen) atoms. The summed E-state index contributed by atoms with van der Waals surface area (Å²) >= 11 is 0. The topological polar surface area (TPSA) is 145 Å². The number of ether oxygens (including phenoxy) is 4. The van der Waals surface area contributed by atoms with Gasteiger partial charge < -0.3 is 28.9 Å². The number of H-pyrrole nitrogens is 2. The Bertz CT molecular complexity index is 2580. The number of cyclic esters (lactones) is 1. The van der Waals surface area contributed by atoms with Gasteiger partial charge in [-0.1, -0.05) is 105 Å². The number of aryl methyl sites for hydroxylation is 3. The Kier molecular flexibility index (Phi) is 16.9. The van der Waals surface area contributed by atoms with Gasteiger partial charge in [-0.3, -0.25) is 9.78 Å². The maximum Gasteiger partial charge on any atom is 0.385 e. The Balaban J connectivity index is 1.30. The monoisotopic (exact) mass is 917 g/mol. The van der Waals surface area contributed by atoms with Crippen LogP contribution in [0.5, 0.6) is 0 Å². The van der Waals surface area contributed by atoms with Crippen LogP contribution in [0, 0.1) is 31.6 Å². The van der Waals surface area contributed by atoms with Crippen molar-refractivity contribution in [1.82, 2.24) is 19.9 Å². The van der Waals surface area contributed by atoms with E-state index in [9.17, 15) is 14.4 Å². The summed E-state index contributed by atoms with van der Waals surface area (Å²) in [7, 11) is 2.52. The number of hydrogen-bond donors (Lipinski definition) is 2. The number of aromatic amines is 2. The Morgan fingerprint density at radius 2 is 1.54 bits per heavy atom. The van der Waals surface area contributed by atoms with Crippen LogP contribution in [0.3, 0.4) is 0 Å². The summed E-state index contributed by atoms with van der Waals surface area (Å²) in [5.41, 5.74) is 11.8. The van der Waals surface area contributed by atoms with Gasteiger partial charge in [0.1, 0.15) is 6.61 Å². The second-order valence-corrected chi connectivity index (χ2v) is 19.9. The number of nitrogens with zero attached hydrogens (tertiary/aromatic N) is 2. The summed E-state index contributed by atoms with van der Waals surface area (Å²) in [5, 5.41) is 0. The molecule has 8 bridgehead atoms. The van der Waals surface area contributed by atoms with Gasteiger partial charge in [0, 0.05) is 58.7 Å². The highest BCUT2D eigenvalue weighted by Gasteiger charge is 2.57. The van der Waals surface area contributed by atoms with E-state index in [0.29, 0.717) is 35.0 Å². The molecule has 5 atom stereocenters. The molecule has 0 spiro atoms. The first-order valence-corrected chi connectivity index (χ1v) is 24.8. The van der Waals surface area contributed by atoms with Crippen molar-refractivity contribution < 1.29 is 33.3 Å². The van der Waals surface area contributed by atoms with Crippen molar-refractivity contribution in [3.63, 3.8) is 0 Å². The van der Waals surface area contributed by atoms with Crippen LogP contribution in [0.4, 0.5) is 0 Å². The van der Waals surface area contributed by atoms with Crippen molar-refractivity contribution in [2.24, 2.45) is 17.8 Å². The van der Waals surface area contributed by atoms with E-state index in [2.05, 4.69) is 78.0 Å². The quantitative estimate of drug-likeness (QED) is 0.0606. The molecule has 6 rings (SSSR count). The molecule has 0 aliphatic carbocycles. The van der Waals surface area contributed by atoms with Gasteiger partial charge in [-0.15, -0.1) is 0 Å². The Morgan fingerprint density at radius 3 is 2.18 bits per heavy atom. The van der Waals surface area contributed by atoms with Gasteiger partial charge in [0.2, 0.25) is 0 Å². The minimum Gasteiger partial charge on any atom is -0.464 e. The summed E-state index contributed by atoms with van der Waals surface area (Å²) in [6, 6.07) is 6.05. The zero-order chi connectivity index (χ0) is 48.7. The van der Waals surface area contributed by atoms with E-state index in [4.69, 9.17) is 28.9 Å². The van der Waals surface area contributed by atoms with Gasteiger partial charge in [-0.05, 0) is 118 Å². The molecule has 3 aliphatic heterocycles. The number of esters is 3. The largest absolute Gasteiger partial charge is 0.464 e. The lowest BCUT2D eigenvalue weighted by Crippen LogP contribution is -2.47. The molecule has 0 saturated heterocycles. The number of carbonyl (C=O) groups is 3. The van der Waals surface area contributed by atoms with Gasteiger partial charge in [0.15, 0.2) is 0 Å². The lowest BCUT2D eigenvalue weighted by atomic mass is 9.82. The van der Waals surface area contributed by atoms with E-state index in [1.807, 2.05) is 38.1 Å². The van der Waals surface area contributed by atoms with Gasteiger partial charge in [0.05, 0.1) is 35.3 Å². The third-order valence-electron chi connectivity index (χ3n) is 14.6. The van der Waals surface area contributed by atoms with E-state index in [1.54, 1.807) is 0 Å². The molecular formula is C56H76N4O7. The second kappa shape index (κ2) is 22.2. The Hall–Kier alpha value is -5.29. The first-order chi connectivity index (χ1) is 32.0. The Morgan fingerprint density at radius 1 is 0.881 bits per heavy atom. The molecule has 6 heterocycles. The molecule has 3 aromatic rings. The maximum absolute atomic E-state index is 14.1. The van der Waals surface area contributed by atoms with Gasteiger partial charge >= 0.3 is 23.7 Å². The molecule has 2 N–H and O–H groups in total. The van der Waals surface area contributed by atoms with Crippen molar-refractivity contribution in [3.05, 3.63) is 87.0 Å². The van der Waals surface area contributed by atoms with Gasteiger partial charge in [0.25, 0.3) is 0 Å². The maximum atomic E-state index is 14.1. The molecule has 0 saturated carbocycles. The fourth-order valence-corrected chi connectivity index (χ4v) is 10.3. The van der Waals surface area contributed by atoms with Gasteiger partial charge in [-0.25, -0.2) is 14.6 Å². The highest BCUT2D eigenvalue weighted by Crippen LogP contribution is 2.50. The van der Waals surface area contributed by atoms with Crippen LogP contribution < -0.4 is 0 Å². The highest BCUT2D eigenvalue weighted by molar-refractivity contribution is 6.27. The first kappa shape index (κ1) is 51.1. The Labute approximate surface area is 398 Å². The fourth-order valence-electron chi connectivity index (χ4n) is 10.3. The van der Waals surface area contributed by atoms with Crippen molar-refractivity contribution in [2.75, 3.05) is 20.8 Å². The van der Waals surface area contributed by atoms with E-state index < -0.39 is 23.6 Å². The number of nitrogens with one attached hydrogen (secondary N) is 2. The molecule has 11 nitrogen and oxygen atoms in total. The molecule has 11 heteroatoms. The number of methoxy groups -OCH3 is 2. The predicted molar refractivity (Wildman–Crippen MR) is 269 cm³/mol. The number of rotatable bonds is 21. The summed E-state index contributed by atoms with van der Waals surface area (Å²) in [6.07, 6.45) is 16.2. The fraction of sp³-hybridized carbons (Fsp3) is 0.554. The summed E-state index contributed by atoms with van der Waals surface area (Å²) in [6.45, 7) is 26.0. The second-order valence-electron chi connectivity index (χ2n) is 19.9. The normalized spacial score (nSPS) is 19.1. The van der Waals surface area contributed by atoms with Crippen LogP contribution in [0.15, 0.2) is 36.4 Å². The van der Waals surface area contributed by atoms with E-state index in [1.165, 1.54) is 64.7 Å². The molecule has 0 fully saturated rings. The third kappa shape index (κ3) is 11.0. The standard InChI is InChI=1S/C56H76N4O7/c1-14-40-36(8)43-29-45-38(10)42(25-26-49(61)66-28-27-35(7)24-18-23-34(6)22-17-21-33(5)20-16-19-32(3)4)52(59-45)51-53-50(54(62)67-56(51,65-13)55(63)64-12)39(11)46(60-53)31-48-41(15-2)37(9)44(58-48)30-47(40)57-43/h14,27,29-34,38,42,57-58H,1,15-26,28H2,2-13H3/b35-27+,43-29?,44-30?,45-29?,46-31?,47-30?,48-31?,52-51?/t33?,34?,38-,42-,56?/m0/s1. The third-order valence-corrected chi connectivity index (χ3v) is 14.6. The van der Waals surface area contributed by atoms with Crippen molar-refractivity contribution >= 4 is 57.2 Å². The van der Waals surface area contributed by atoms with Crippen LogP contribution in [0.2, 0.25) is 0 Å². The summed E-state index contributed by atoms with van der Waals surface area (Å²) in [5.74, 6) is -2.76. The van der Waals surface area contributed by atoms with Crippen LogP contribution >= 0.6 is 0 Å². The van der Waals surface area contributed by atoms with Crippen molar-refractivity contribution in [1.29, 1.82) is 0 Å². The van der Waals surface area contributed by atoms with E-state index >= 15 is 0 Å². The molecule has 3 unspecified atom stereocenters. The molecule has 362 valence electrons. The zero-order valence-corrected chi connectivity index (χ0v) is 42.4. The SMILES string of the molecule is C=Cc1c(C)c2cc3nc(c4c5nc(cc6[nH]c(cc1[nH]2)c(C)c6CC)C(C)=C5C(=O)OC4(OC)C(=O)OC)[C@@H](CCC(=O)OC/C=C(\C)CCCC(C)CCCC(C)CCCC(C)C)[C@@H]3C. The van der Waals surface area contributed by atoms with Crippen LogP contribution in [0.1, 0.15) is 188 Å². The summed E-state index contributed by atoms with van der Waals surface area (Å²) in [4.78, 5) is 59.2. The number of allylic oxidation sites excluding steroid dienone is 2. The van der Waals surface area contributed by atoms with E-state index in [0.717, 1.165) is 75.4 Å². The lowest BCUT2D eigenvalue weighted by Gasteiger charge is -2.35. The zero-order valence-electron chi connectivity index (χ0n) is 42.4. The molecular weight excluding hydrogens is 841 g/mol. The van der Waals surface area contributed by atoms with Crippen LogP contribution in [-0.4, -0.2) is 58.7 Å². The average Bonchev–Trinajstić information content (AvgIpc) is 3.97.